The smallest absolute Gasteiger partial charge is 0.326 e. The van der Waals surface area contributed by atoms with Crippen molar-refractivity contribution in [1.29, 1.82) is 0 Å². The lowest BCUT2D eigenvalue weighted by Crippen LogP contribution is -2.50. The Morgan fingerprint density at radius 1 is 1.00 bits per heavy atom. The van der Waals surface area contributed by atoms with Gasteiger partial charge in [-0.1, -0.05) is 24.3 Å². The second kappa shape index (κ2) is 8.84. The monoisotopic (exact) mass is 360 g/mol. The van der Waals surface area contributed by atoms with E-state index >= 15 is 0 Å². The first-order chi connectivity index (χ1) is 12.4. The molecule has 8 nitrogen and oxygen atoms in total. The lowest BCUT2D eigenvalue weighted by atomic mass is 10.0. The summed E-state index contributed by atoms with van der Waals surface area (Å²) in [6, 6.07) is 10.3. The molecule has 0 saturated heterocycles. The third-order valence-electron chi connectivity index (χ3n) is 3.81. The molecule has 0 saturated carbocycles. The van der Waals surface area contributed by atoms with Gasteiger partial charge in [0.05, 0.1) is 6.04 Å². The molecule has 0 fully saturated rings. The number of aromatic hydroxyl groups is 1. The van der Waals surface area contributed by atoms with Crippen LogP contribution in [-0.2, 0) is 22.4 Å². The molecule has 1 amide bonds. The first-order valence-electron chi connectivity index (χ1n) is 7.86. The maximum absolute atomic E-state index is 12.2. The summed E-state index contributed by atoms with van der Waals surface area (Å²) in [6.07, 6.45) is 0.264. The van der Waals surface area contributed by atoms with Crippen molar-refractivity contribution in [3.63, 3.8) is 0 Å². The van der Waals surface area contributed by atoms with E-state index in [0.717, 1.165) is 5.56 Å². The van der Waals surface area contributed by atoms with Gasteiger partial charge in [0.15, 0.2) is 5.75 Å². The number of rotatable bonds is 8. The molecule has 0 bridgehead atoms. The maximum atomic E-state index is 12.2. The van der Waals surface area contributed by atoms with Gasteiger partial charge in [0.25, 0.3) is 0 Å². The van der Waals surface area contributed by atoms with Crippen LogP contribution in [0.25, 0.3) is 0 Å². The second-order valence-electron chi connectivity index (χ2n) is 5.82. The maximum Gasteiger partial charge on any atom is 0.326 e. The van der Waals surface area contributed by atoms with Gasteiger partial charge in [-0.25, -0.2) is 10.1 Å². The third-order valence-corrected chi connectivity index (χ3v) is 3.81. The Morgan fingerprint density at radius 3 is 2.08 bits per heavy atom. The van der Waals surface area contributed by atoms with E-state index in [1.54, 1.807) is 24.3 Å². The zero-order valence-electron chi connectivity index (χ0n) is 13.8. The standard InChI is InChI=1S/C18H20N2O6/c19-15(9-11-1-5-13(21)6-2-11)17(22)20-16(18(23)24)10-12-3-7-14(26-25)8-4-12/h1-8,15-16,21,25H,9-10,19H2,(H,20,22)(H,23,24)/t15?,16-/m0/s1. The van der Waals surface area contributed by atoms with Crippen LogP contribution in [0.3, 0.4) is 0 Å². The number of benzene rings is 2. The molecule has 2 rings (SSSR count). The fourth-order valence-corrected chi connectivity index (χ4v) is 2.38. The van der Waals surface area contributed by atoms with Crippen LogP contribution in [0.4, 0.5) is 0 Å². The van der Waals surface area contributed by atoms with Crippen molar-refractivity contribution < 1.29 is 29.9 Å². The van der Waals surface area contributed by atoms with E-state index in [9.17, 15) is 19.8 Å². The van der Waals surface area contributed by atoms with Crippen molar-refractivity contribution in [3.05, 3.63) is 59.7 Å². The summed E-state index contributed by atoms with van der Waals surface area (Å²) in [5.41, 5.74) is 7.25. The Labute approximate surface area is 149 Å². The highest BCUT2D eigenvalue weighted by molar-refractivity contribution is 5.87. The topological polar surface area (TPSA) is 142 Å². The number of amides is 1. The highest BCUT2D eigenvalue weighted by Crippen LogP contribution is 2.13. The van der Waals surface area contributed by atoms with E-state index in [-0.39, 0.29) is 24.3 Å². The molecule has 0 aliphatic rings. The highest BCUT2D eigenvalue weighted by Gasteiger charge is 2.23. The molecule has 2 aromatic carbocycles. The lowest BCUT2D eigenvalue weighted by molar-refractivity contribution is -0.142. The number of hydrogen-bond donors (Lipinski definition) is 5. The Balaban J connectivity index is 1.97. The van der Waals surface area contributed by atoms with Crippen LogP contribution in [-0.4, -0.2) is 39.4 Å². The molecule has 6 N–H and O–H groups in total. The van der Waals surface area contributed by atoms with Crippen molar-refractivity contribution in [2.24, 2.45) is 5.73 Å². The molecule has 138 valence electrons. The van der Waals surface area contributed by atoms with Crippen molar-refractivity contribution in [2.45, 2.75) is 24.9 Å². The predicted octanol–water partition coefficient (Wildman–Crippen LogP) is 0.926. The largest absolute Gasteiger partial charge is 0.508 e. The minimum absolute atomic E-state index is 0.0543. The summed E-state index contributed by atoms with van der Waals surface area (Å²) in [7, 11) is 0. The van der Waals surface area contributed by atoms with Gasteiger partial charge in [0.2, 0.25) is 5.91 Å². The Morgan fingerprint density at radius 2 is 1.54 bits per heavy atom. The van der Waals surface area contributed by atoms with Gasteiger partial charge in [0.1, 0.15) is 11.8 Å². The highest BCUT2D eigenvalue weighted by atomic mass is 17.1. The SMILES string of the molecule is NC(Cc1ccc(O)cc1)C(=O)N[C@@H](Cc1ccc(OO)cc1)C(=O)O. The first-order valence-corrected chi connectivity index (χ1v) is 7.86. The average Bonchev–Trinajstić information content (AvgIpc) is 2.63. The number of hydrogen-bond acceptors (Lipinski definition) is 6. The van der Waals surface area contributed by atoms with E-state index in [0.29, 0.717) is 5.56 Å². The molecule has 8 heteroatoms. The average molecular weight is 360 g/mol. The van der Waals surface area contributed by atoms with E-state index in [2.05, 4.69) is 10.2 Å². The van der Waals surface area contributed by atoms with E-state index < -0.39 is 24.0 Å². The van der Waals surface area contributed by atoms with E-state index in [1.165, 1.54) is 24.3 Å². The molecule has 0 heterocycles. The fraction of sp³-hybridized carbons (Fsp3) is 0.222. The van der Waals surface area contributed by atoms with Crippen LogP contribution in [0, 0.1) is 0 Å². The molecule has 0 aliphatic carbocycles. The van der Waals surface area contributed by atoms with Crippen molar-refractivity contribution in [2.75, 3.05) is 0 Å². The molecule has 26 heavy (non-hydrogen) atoms. The molecule has 0 aliphatic heterocycles. The first kappa shape index (κ1) is 19.2. The van der Waals surface area contributed by atoms with E-state index in [4.69, 9.17) is 11.0 Å². The van der Waals surface area contributed by atoms with Crippen molar-refractivity contribution in [1.82, 2.24) is 5.32 Å². The molecule has 0 spiro atoms. The van der Waals surface area contributed by atoms with E-state index in [1.807, 2.05) is 0 Å². The van der Waals surface area contributed by atoms with Gasteiger partial charge in [-0.15, -0.1) is 0 Å². The predicted molar refractivity (Wildman–Crippen MR) is 92.8 cm³/mol. The van der Waals surface area contributed by atoms with Crippen molar-refractivity contribution in [3.8, 4) is 11.5 Å². The zero-order chi connectivity index (χ0) is 19.1. The van der Waals surface area contributed by atoms with Gasteiger partial charge in [0, 0.05) is 6.42 Å². The van der Waals surface area contributed by atoms with Gasteiger partial charge < -0.3 is 26.2 Å². The summed E-state index contributed by atoms with van der Waals surface area (Å²) in [6.45, 7) is 0. The number of carboxylic acids is 1. The molecular weight excluding hydrogens is 340 g/mol. The third kappa shape index (κ3) is 5.47. The number of nitrogens with one attached hydrogen (secondary N) is 1. The Bertz CT molecular complexity index is 745. The normalized spacial score (nSPS) is 12.8. The number of phenols is 1. The summed E-state index contributed by atoms with van der Waals surface area (Å²) < 4.78 is 0. The van der Waals surface area contributed by atoms with Gasteiger partial charge in [-0.3, -0.25) is 4.79 Å². The summed E-state index contributed by atoms with van der Waals surface area (Å²) >= 11 is 0. The van der Waals surface area contributed by atoms with Crippen LogP contribution >= 0.6 is 0 Å². The Hall–Kier alpha value is -3.10. The second-order valence-corrected chi connectivity index (χ2v) is 5.82. The number of aliphatic carboxylic acids is 1. The number of carbonyl (C=O) groups is 2. The molecule has 2 atom stereocenters. The van der Waals surface area contributed by atoms with Crippen LogP contribution in [0.5, 0.6) is 11.5 Å². The minimum Gasteiger partial charge on any atom is -0.508 e. The van der Waals surface area contributed by atoms with Gasteiger partial charge in [-0.2, -0.15) is 0 Å². The number of phenolic OH excluding ortho intramolecular Hbond substituents is 1. The van der Waals surface area contributed by atoms with Crippen LogP contribution in [0.15, 0.2) is 48.5 Å². The lowest BCUT2D eigenvalue weighted by Gasteiger charge is -2.18. The van der Waals surface area contributed by atoms with Crippen LogP contribution < -0.4 is 15.9 Å². The molecule has 1 unspecified atom stereocenters. The van der Waals surface area contributed by atoms with Crippen molar-refractivity contribution >= 4 is 11.9 Å². The zero-order valence-corrected chi connectivity index (χ0v) is 13.8. The molecule has 0 aromatic heterocycles. The summed E-state index contributed by atoms with van der Waals surface area (Å²) in [5.74, 6) is -1.44. The number of carboxylic acid groups (broad SMARTS) is 1. The molecular formula is C18H20N2O6. The summed E-state index contributed by atoms with van der Waals surface area (Å²) in [5, 5.41) is 29.6. The quantitative estimate of drug-likeness (QED) is 0.348. The minimum atomic E-state index is -1.18. The van der Waals surface area contributed by atoms with Gasteiger partial charge in [-0.05, 0) is 41.8 Å². The fourth-order valence-electron chi connectivity index (χ4n) is 2.38. The van der Waals surface area contributed by atoms with Gasteiger partial charge >= 0.3 is 5.97 Å². The Kier molecular flexibility index (Phi) is 6.54. The van der Waals surface area contributed by atoms with Crippen LogP contribution in [0.1, 0.15) is 11.1 Å². The summed E-state index contributed by atoms with van der Waals surface area (Å²) in [4.78, 5) is 27.7. The number of nitrogens with two attached hydrogens (primary N) is 1. The number of carbonyl (C=O) groups excluding carboxylic acids is 1. The molecule has 0 radical (unpaired) electrons. The van der Waals surface area contributed by atoms with Crippen LogP contribution in [0.2, 0.25) is 0 Å². The molecule has 2 aromatic rings.